The Hall–Kier alpha value is -2.20. The minimum atomic E-state index is -1.31. The molecule has 0 aliphatic rings. The molecule has 10 heteroatoms. The van der Waals surface area contributed by atoms with Gasteiger partial charge < -0.3 is 29.6 Å². The minimum absolute atomic E-state index is 0.209. The molecule has 0 fully saturated rings. The predicted molar refractivity (Wildman–Crippen MR) is 223 cm³/mol. The van der Waals surface area contributed by atoms with Crippen molar-refractivity contribution in [1.29, 1.82) is 0 Å². The lowest BCUT2D eigenvalue weighted by Crippen LogP contribution is -2.39. The first-order valence-corrected chi connectivity index (χ1v) is 22.8. The van der Waals surface area contributed by atoms with Gasteiger partial charge in [-0.3, -0.25) is 19.2 Å². The van der Waals surface area contributed by atoms with Crippen molar-refractivity contribution < 1.29 is 38.5 Å². The lowest BCUT2D eigenvalue weighted by Gasteiger charge is -2.31. The van der Waals surface area contributed by atoms with Crippen molar-refractivity contribution in [3.05, 3.63) is 5.21 Å². The Kier molecular flexibility index (Phi) is 38.4. The average molecular weight is 783 g/mol. The van der Waals surface area contributed by atoms with Gasteiger partial charge in [-0.05, 0) is 26.3 Å². The van der Waals surface area contributed by atoms with Crippen LogP contribution in [0.5, 0.6) is 0 Å². The summed E-state index contributed by atoms with van der Waals surface area (Å²) < 4.78 is 16.3. The predicted octanol–water partition coefficient (Wildman–Crippen LogP) is 12.2. The van der Waals surface area contributed by atoms with Crippen LogP contribution < -0.4 is 0 Å². The van der Waals surface area contributed by atoms with Crippen LogP contribution >= 0.6 is 0 Å². The third-order valence-electron chi connectivity index (χ3n) is 10.5. The second-order valence-corrected chi connectivity index (χ2v) is 15.8. The van der Waals surface area contributed by atoms with E-state index in [9.17, 15) is 24.4 Å². The highest BCUT2D eigenvalue weighted by atomic mass is 16.6. The summed E-state index contributed by atoms with van der Waals surface area (Å²) in [7, 11) is 1.13. The van der Waals surface area contributed by atoms with E-state index in [0.29, 0.717) is 11.5 Å². The molecule has 0 aromatic carbocycles. The first-order valence-electron chi connectivity index (χ1n) is 22.8. The molecule has 0 radical (unpaired) electrons. The normalized spacial score (nSPS) is 12.5. The molecule has 0 heterocycles. The first-order chi connectivity index (χ1) is 26.7. The summed E-state index contributed by atoms with van der Waals surface area (Å²) in [5.41, 5.74) is 0. The van der Waals surface area contributed by atoms with Crippen LogP contribution in [0.1, 0.15) is 232 Å². The van der Waals surface area contributed by atoms with Gasteiger partial charge in [0, 0.05) is 19.3 Å². The summed E-state index contributed by atoms with van der Waals surface area (Å²) in [5.74, 6) is -2.90. The van der Waals surface area contributed by atoms with E-state index in [2.05, 4.69) is 13.8 Å². The summed E-state index contributed by atoms with van der Waals surface area (Å²) in [5, 5.41) is 21.2. The van der Waals surface area contributed by atoms with E-state index >= 15 is 0 Å². The van der Waals surface area contributed by atoms with Gasteiger partial charge in [-0.25, -0.2) is 0 Å². The number of hydrogen-bond acceptors (Lipinski definition) is 9. The summed E-state index contributed by atoms with van der Waals surface area (Å²) >= 11 is 0. The molecule has 0 saturated heterocycles. The number of carbonyl (C=O) groups is 4. The van der Waals surface area contributed by atoms with Crippen molar-refractivity contribution in [1.82, 2.24) is 5.06 Å². The standard InChI is InChI=1S/C45H84NO9/c1-4-6-8-10-12-14-16-18-20-22-24-26-28-30-32-34-43(49)53-38-40(39-54-45(51)41(46(3)52)36-37-42(47)48)55-44(50)35-33-31-29-27-25-23-21-19-17-15-13-11-9-7-5-2/h40-41H,4-39H2,1-3H3,(H,47,48)/q-1. The van der Waals surface area contributed by atoms with Crippen LogP contribution in [0, 0.1) is 5.21 Å². The molecule has 0 aromatic heterocycles. The maximum Gasteiger partial charge on any atom is 0.322 e. The van der Waals surface area contributed by atoms with E-state index < -0.39 is 42.6 Å². The number of ether oxygens (including phenoxy) is 3. The van der Waals surface area contributed by atoms with Gasteiger partial charge in [-0.15, -0.1) is 0 Å². The van der Waals surface area contributed by atoms with E-state index in [0.717, 1.165) is 45.6 Å². The van der Waals surface area contributed by atoms with Gasteiger partial charge in [-0.2, -0.15) is 0 Å². The lowest BCUT2D eigenvalue weighted by atomic mass is 10.0. The Labute approximate surface area is 336 Å². The third kappa shape index (κ3) is 37.2. The SMILES string of the molecule is CCCCCCCCCCCCCCCCCC(=O)OCC(COC(=O)C(CCC(=O)O)N(C)[O-])OC(=O)CCCCCCCCCCCCCCCCC. The number of carboxylic acids is 1. The smallest absolute Gasteiger partial charge is 0.322 e. The number of likely N-dealkylation sites (N-methyl/N-ethyl adjacent to an activating group) is 1. The van der Waals surface area contributed by atoms with E-state index in [1.807, 2.05) is 0 Å². The molecular weight excluding hydrogens is 698 g/mol. The average Bonchev–Trinajstić information content (AvgIpc) is 3.15. The van der Waals surface area contributed by atoms with Gasteiger partial charge >= 0.3 is 23.9 Å². The Balaban J connectivity index is 4.40. The summed E-state index contributed by atoms with van der Waals surface area (Å²) in [6.45, 7) is 3.85. The Morgan fingerprint density at radius 3 is 1.16 bits per heavy atom. The van der Waals surface area contributed by atoms with Crippen LogP contribution in [0.15, 0.2) is 0 Å². The van der Waals surface area contributed by atoms with Crippen LogP contribution in [0.2, 0.25) is 0 Å². The molecule has 324 valence electrons. The fourth-order valence-corrected chi connectivity index (χ4v) is 6.88. The number of unbranched alkanes of at least 4 members (excludes halogenated alkanes) is 28. The zero-order valence-corrected chi connectivity index (χ0v) is 35.8. The maximum absolute atomic E-state index is 12.7. The molecule has 0 aliphatic carbocycles. The third-order valence-corrected chi connectivity index (χ3v) is 10.5. The van der Waals surface area contributed by atoms with Crippen molar-refractivity contribution in [2.75, 3.05) is 20.3 Å². The number of aliphatic carboxylic acids is 1. The number of hydroxylamine groups is 2. The van der Waals surface area contributed by atoms with Crippen LogP contribution in [-0.2, 0) is 33.4 Å². The number of rotatable bonds is 42. The maximum atomic E-state index is 12.7. The Bertz CT molecular complexity index is 913. The molecule has 2 atom stereocenters. The quantitative estimate of drug-likeness (QED) is 0.0275. The van der Waals surface area contributed by atoms with Gasteiger partial charge in [0.1, 0.15) is 13.2 Å². The Morgan fingerprint density at radius 2 is 0.818 bits per heavy atom. The van der Waals surface area contributed by atoms with Crippen molar-refractivity contribution in [2.45, 2.75) is 244 Å². The number of nitrogens with zero attached hydrogens (tertiary/aromatic N) is 1. The fourth-order valence-electron chi connectivity index (χ4n) is 6.88. The van der Waals surface area contributed by atoms with E-state index in [1.165, 1.54) is 148 Å². The molecule has 0 spiro atoms. The molecule has 55 heavy (non-hydrogen) atoms. The highest BCUT2D eigenvalue weighted by Gasteiger charge is 2.24. The highest BCUT2D eigenvalue weighted by molar-refractivity contribution is 5.77. The molecule has 10 nitrogen and oxygen atoms in total. The number of esters is 3. The molecule has 0 aromatic rings. The van der Waals surface area contributed by atoms with Crippen LogP contribution in [0.25, 0.3) is 0 Å². The van der Waals surface area contributed by atoms with E-state index in [-0.39, 0.29) is 32.3 Å². The molecule has 0 saturated carbocycles. The number of hydrogen-bond donors (Lipinski definition) is 1. The monoisotopic (exact) mass is 783 g/mol. The van der Waals surface area contributed by atoms with Gasteiger partial charge in [0.2, 0.25) is 0 Å². The second kappa shape index (κ2) is 40.0. The minimum Gasteiger partial charge on any atom is -0.785 e. The van der Waals surface area contributed by atoms with Crippen LogP contribution in [0.4, 0.5) is 0 Å². The van der Waals surface area contributed by atoms with Crippen molar-refractivity contribution >= 4 is 23.9 Å². The van der Waals surface area contributed by atoms with Gasteiger partial charge in [0.25, 0.3) is 0 Å². The van der Waals surface area contributed by atoms with Crippen LogP contribution in [-0.4, -0.2) is 66.5 Å². The first kappa shape index (κ1) is 52.8. The molecule has 0 aliphatic heterocycles. The second-order valence-electron chi connectivity index (χ2n) is 15.8. The molecule has 0 rings (SSSR count). The van der Waals surface area contributed by atoms with Gasteiger partial charge in [-0.1, -0.05) is 194 Å². The van der Waals surface area contributed by atoms with Gasteiger partial charge in [0.15, 0.2) is 6.10 Å². The van der Waals surface area contributed by atoms with E-state index in [4.69, 9.17) is 19.3 Å². The van der Waals surface area contributed by atoms with Crippen molar-refractivity contribution in [3.8, 4) is 0 Å². The lowest BCUT2D eigenvalue weighted by molar-refractivity contribution is -0.168. The molecule has 0 amide bonds. The van der Waals surface area contributed by atoms with E-state index in [1.54, 1.807) is 0 Å². The summed E-state index contributed by atoms with van der Waals surface area (Å²) in [6.07, 6.45) is 35.8. The fraction of sp³-hybridized carbons (Fsp3) is 0.911. The molecule has 0 bridgehead atoms. The summed E-state index contributed by atoms with van der Waals surface area (Å²) in [6, 6.07) is -1.31. The summed E-state index contributed by atoms with van der Waals surface area (Å²) in [4.78, 5) is 48.8. The molecular formula is C45H84NO9-. The zero-order valence-electron chi connectivity index (χ0n) is 35.8. The van der Waals surface area contributed by atoms with Crippen molar-refractivity contribution in [2.24, 2.45) is 0 Å². The zero-order chi connectivity index (χ0) is 40.6. The van der Waals surface area contributed by atoms with Gasteiger partial charge in [0.05, 0.1) is 6.04 Å². The molecule has 2 unspecified atom stereocenters. The number of carbonyl (C=O) groups excluding carboxylic acids is 3. The topological polar surface area (TPSA) is 142 Å². The Morgan fingerprint density at radius 1 is 0.491 bits per heavy atom. The number of carboxylic acid groups (broad SMARTS) is 1. The van der Waals surface area contributed by atoms with Crippen LogP contribution in [0.3, 0.4) is 0 Å². The van der Waals surface area contributed by atoms with Crippen molar-refractivity contribution in [3.63, 3.8) is 0 Å². The highest BCUT2D eigenvalue weighted by Crippen LogP contribution is 2.16. The molecule has 1 N–H and O–H groups in total. The largest absolute Gasteiger partial charge is 0.785 e.